The average molecular weight is 242 g/mol. The minimum absolute atomic E-state index is 0.742. The highest BCUT2D eigenvalue weighted by molar-refractivity contribution is 7.99. The van der Waals surface area contributed by atoms with Gasteiger partial charge in [0.2, 0.25) is 0 Å². The van der Waals surface area contributed by atoms with Crippen molar-refractivity contribution in [2.45, 2.75) is 56.4 Å². The molecule has 0 spiro atoms. The van der Waals surface area contributed by atoms with Gasteiger partial charge in [-0.1, -0.05) is 6.92 Å². The van der Waals surface area contributed by atoms with Crippen molar-refractivity contribution in [1.29, 1.82) is 0 Å². The maximum absolute atomic E-state index is 3.45. The number of rotatable bonds is 4. The van der Waals surface area contributed by atoms with Crippen LogP contribution in [0.25, 0.3) is 0 Å². The predicted molar refractivity (Wildman–Crippen MR) is 73.2 cm³/mol. The van der Waals surface area contributed by atoms with E-state index in [0.717, 1.165) is 17.3 Å². The van der Waals surface area contributed by atoms with E-state index in [4.69, 9.17) is 0 Å². The predicted octanol–water partition coefficient (Wildman–Crippen LogP) is 2.34. The molecule has 0 amide bonds. The summed E-state index contributed by atoms with van der Waals surface area (Å²) in [6, 6.07) is 1.63. The monoisotopic (exact) mass is 242 g/mol. The number of likely N-dealkylation sites (tertiary alicyclic amines) is 1. The van der Waals surface area contributed by atoms with Crippen LogP contribution in [0.4, 0.5) is 0 Å². The Morgan fingerprint density at radius 2 is 2.19 bits per heavy atom. The molecule has 2 rings (SSSR count). The minimum atomic E-state index is 0.742. The lowest BCUT2D eigenvalue weighted by Gasteiger charge is -2.36. The molecule has 1 heterocycles. The van der Waals surface area contributed by atoms with Crippen LogP contribution >= 0.6 is 11.8 Å². The van der Waals surface area contributed by atoms with E-state index < -0.39 is 0 Å². The first-order chi connectivity index (χ1) is 7.83. The summed E-state index contributed by atoms with van der Waals surface area (Å²) in [7, 11) is 2.11. The molecule has 0 aromatic carbocycles. The van der Waals surface area contributed by atoms with Crippen LogP contribution in [0.1, 0.15) is 39.0 Å². The fourth-order valence-electron chi connectivity index (χ4n) is 3.21. The molecule has 0 aromatic rings. The molecule has 1 N–H and O–H groups in total. The summed E-state index contributed by atoms with van der Waals surface area (Å²) < 4.78 is 0. The topological polar surface area (TPSA) is 15.3 Å². The van der Waals surface area contributed by atoms with Gasteiger partial charge in [-0.25, -0.2) is 0 Å². The molecule has 2 aliphatic rings. The molecule has 1 aliphatic carbocycles. The quantitative estimate of drug-likeness (QED) is 0.814. The molecule has 2 nitrogen and oxygen atoms in total. The Labute approximate surface area is 105 Å². The first-order valence-corrected chi connectivity index (χ1v) is 7.91. The molecule has 3 unspecified atom stereocenters. The second-order valence-electron chi connectivity index (χ2n) is 5.17. The van der Waals surface area contributed by atoms with Gasteiger partial charge in [-0.2, -0.15) is 11.8 Å². The molecule has 1 saturated heterocycles. The van der Waals surface area contributed by atoms with Crippen LogP contribution in [0.15, 0.2) is 0 Å². The number of thioether (sulfide) groups is 1. The molecule has 2 fully saturated rings. The van der Waals surface area contributed by atoms with Gasteiger partial charge in [0.15, 0.2) is 0 Å². The molecule has 0 radical (unpaired) electrons. The summed E-state index contributed by atoms with van der Waals surface area (Å²) >= 11 is 2.17. The molecule has 16 heavy (non-hydrogen) atoms. The van der Waals surface area contributed by atoms with Gasteiger partial charge in [0, 0.05) is 23.9 Å². The number of nitrogens with zero attached hydrogens (tertiary/aromatic N) is 1. The van der Waals surface area contributed by atoms with Crippen molar-refractivity contribution >= 4 is 11.8 Å². The van der Waals surface area contributed by atoms with Gasteiger partial charge in [0.25, 0.3) is 0 Å². The summed E-state index contributed by atoms with van der Waals surface area (Å²) in [6.45, 7) is 4.91. The largest absolute Gasteiger partial charge is 0.316 e. The van der Waals surface area contributed by atoms with Crippen molar-refractivity contribution in [3.8, 4) is 0 Å². The van der Waals surface area contributed by atoms with E-state index in [1.54, 1.807) is 0 Å². The highest BCUT2D eigenvalue weighted by Crippen LogP contribution is 2.33. The van der Waals surface area contributed by atoms with Crippen molar-refractivity contribution < 1.29 is 0 Å². The summed E-state index contributed by atoms with van der Waals surface area (Å²) in [4.78, 5) is 2.75. The van der Waals surface area contributed by atoms with E-state index in [0.29, 0.717) is 0 Å². The Hall–Kier alpha value is 0.270. The third kappa shape index (κ3) is 3.14. The molecule has 94 valence electrons. The van der Waals surface area contributed by atoms with Gasteiger partial charge >= 0.3 is 0 Å². The normalized spacial score (nSPS) is 36.8. The van der Waals surface area contributed by atoms with Gasteiger partial charge in [-0.05, 0) is 51.4 Å². The van der Waals surface area contributed by atoms with E-state index in [9.17, 15) is 0 Å². The van der Waals surface area contributed by atoms with Crippen molar-refractivity contribution in [3.05, 3.63) is 0 Å². The molecule has 3 atom stereocenters. The van der Waals surface area contributed by atoms with Crippen LogP contribution in [-0.4, -0.2) is 48.1 Å². The van der Waals surface area contributed by atoms with Crippen molar-refractivity contribution in [1.82, 2.24) is 10.2 Å². The third-order valence-corrected chi connectivity index (χ3v) is 5.37. The Morgan fingerprint density at radius 3 is 2.94 bits per heavy atom. The third-order valence-electron chi connectivity index (χ3n) is 4.14. The van der Waals surface area contributed by atoms with Gasteiger partial charge in [0.1, 0.15) is 0 Å². The second-order valence-corrected chi connectivity index (χ2v) is 6.74. The van der Waals surface area contributed by atoms with Gasteiger partial charge < -0.3 is 5.32 Å². The zero-order valence-electron chi connectivity index (χ0n) is 10.7. The van der Waals surface area contributed by atoms with Crippen LogP contribution in [0.2, 0.25) is 0 Å². The number of likely N-dealkylation sites (N-methyl/N-ethyl adjacent to an activating group) is 1. The van der Waals surface area contributed by atoms with Crippen molar-refractivity contribution in [2.24, 2.45) is 0 Å². The molecule has 0 bridgehead atoms. The van der Waals surface area contributed by atoms with Crippen molar-refractivity contribution in [3.63, 3.8) is 0 Å². The highest BCUT2D eigenvalue weighted by Gasteiger charge is 2.31. The van der Waals surface area contributed by atoms with Crippen LogP contribution in [-0.2, 0) is 0 Å². The summed E-state index contributed by atoms with van der Waals surface area (Å²) in [6.07, 6.45) is 7.08. The van der Waals surface area contributed by atoms with Crippen LogP contribution < -0.4 is 5.32 Å². The number of piperidine rings is 1. The van der Waals surface area contributed by atoms with Crippen LogP contribution in [0.5, 0.6) is 0 Å². The van der Waals surface area contributed by atoms with E-state index in [1.807, 2.05) is 0 Å². The number of hydrogen-bond donors (Lipinski definition) is 1. The Morgan fingerprint density at radius 1 is 1.31 bits per heavy atom. The number of hydrogen-bond acceptors (Lipinski definition) is 3. The molecule has 1 aliphatic heterocycles. The van der Waals surface area contributed by atoms with Gasteiger partial charge in [-0.15, -0.1) is 0 Å². The Balaban J connectivity index is 1.79. The molecular weight excluding hydrogens is 216 g/mol. The second kappa shape index (κ2) is 6.27. The van der Waals surface area contributed by atoms with Gasteiger partial charge in [-0.3, -0.25) is 4.90 Å². The fraction of sp³-hybridized carbons (Fsp3) is 1.00. The van der Waals surface area contributed by atoms with E-state index in [1.165, 1.54) is 50.9 Å². The zero-order valence-corrected chi connectivity index (χ0v) is 11.6. The molecule has 0 aromatic heterocycles. The average Bonchev–Trinajstić information content (AvgIpc) is 2.78. The highest BCUT2D eigenvalue weighted by atomic mass is 32.2. The molecule has 1 saturated carbocycles. The molecule has 3 heteroatoms. The lowest BCUT2D eigenvalue weighted by atomic mass is 10.0. The maximum Gasteiger partial charge on any atom is 0.0192 e. The zero-order chi connectivity index (χ0) is 11.4. The smallest absolute Gasteiger partial charge is 0.0192 e. The Kier molecular flexibility index (Phi) is 4.98. The Bertz CT molecular complexity index is 210. The van der Waals surface area contributed by atoms with E-state index in [2.05, 4.69) is 35.9 Å². The van der Waals surface area contributed by atoms with E-state index in [-0.39, 0.29) is 0 Å². The SMILES string of the molecule is CCSC1CCC(N2CCCC(NC)C2)C1. The summed E-state index contributed by atoms with van der Waals surface area (Å²) in [5.41, 5.74) is 0. The summed E-state index contributed by atoms with van der Waals surface area (Å²) in [5.74, 6) is 1.29. The minimum Gasteiger partial charge on any atom is -0.316 e. The van der Waals surface area contributed by atoms with Crippen LogP contribution in [0, 0.1) is 0 Å². The summed E-state index contributed by atoms with van der Waals surface area (Å²) in [5, 5.41) is 4.40. The molecular formula is C13H26N2S. The standard InChI is InChI=1S/C13H26N2S/c1-3-16-13-7-6-12(9-13)15-8-4-5-11(10-15)14-2/h11-14H,3-10H2,1-2H3. The fourth-order valence-corrected chi connectivity index (χ4v) is 4.34. The first-order valence-electron chi connectivity index (χ1n) is 6.86. The lowest BCUT2D eigenvalue weighted by Crippen LogP contribution is -2.48. The van der Waals surface area contributed by atoms with E-state index >= 15 is 0 Å². The lowest BCUT2D eigenvalue weighted by molar-refractivity contribution is 0.142. The van der Waals surface area contributed by atoms with Crippen molar-refractivity contribution in [2.75, 3.05) is 25.9 Å². The van der Waals surface area contributed by atoms with Crippen LogP contribution in [0.3, 0.4) is 0 Å². The van der Waals surface area contributed by atoms with Gasteiger partial charge in [0.05, 0.1) is 0 Å². The number of nitrogens with one attached hydrogen (secondary N) is 1. The maximum atomic E-state index is 3.45. The first kappa shape index (κ1) is 12.7.